The minimum atomic E-state index is 0.696. The Labute approximate surface area is 132 Å². The van der Waals surface area contributed by atoms with E-state index in [4.69, 9.17) is 4.52 Å². The predicted octanol–water partition coefficient (Wildman–Crippen LogP) is 2.64. The maximum absolute atomic E-state index is 5.32. The standard InChI is InChI=1S/C16H16N6O/c1-2-22-10-20-14-15(18-9-19-16(14)22)17-8-7-12-11-5-3-4-6-13(11)23-21-12/h3-6,9-10H,2,7-8H2,1H3,(H,17,18,19). The second kappa shape index (κ2) is 5.68. The first kappa shape index (κ1) is 13.7. The zero-order valence-electron chi connectivity index (χ0n) is 12.7. The van der Waals surface area contributed by atoms with Crippen LogP contribution in [0.3, 0.4) is 0 Å². The Morgan fingerprint density at radius 1 is 1.17 bits per heavy atom. The van der Waals surface area contributed by atoms with E-state index in [0.717, 1.165) is 46.6 Å². The van der Waals surface area contributed by atoms with Gasteiger partial charge in [-0.05, 0) is 19.1 Å². The fourth-order valence-corrected chi connectivity index (χ4v) is 2.66. The first-order valence-corrected chi connectivity index (χ1v) is 7.60. The maximum atomic E-state index is 5.32. The molecule has 0 saturated heterocycles. The molecule has 4 aromatic rings. The highest BCUT2D eigenvalue weighted by Crippen LogP contribution is 2.19. The Hall–Kier alpha value is -2.96. The van der Waals surface area contributed by atoms with Crippen molar-refractivity contribution in [2.45, 2.75) is 19.9 Å². The summed E-state index contributed by atoms with van der Waals surface area (Å²) in [5, 5.41) is 8.51. The Morgan fingerprint density at radius 3 is 3.00 bits per heavy atom. The third-order valence-electron chi connectivity index (χ3n) is 3.85. The fraction of sp³-hybridized carbons (Fsp3) is 0.250. The number of fused-ring (bicyclic) bond motifs is 2. The van der Waals surface area contributed by atoms with Crippen molar-refractivity contribution in [3.63, 3.8) is 0 Å². The van der Waals surface area contributed by atoms with Crippen molar-refractivity contribution in [2.24, 2.45) is 0 Å². The Kier molecular flexibility index (Phi) is 3.38. The molecule has 1 N–H and O–H groups in total. The Balaban J connectivity index is 1.52. The van der Waals surface area contributed by atoms with Crippen LogP contribution in [0.4, 0.5) is 5.82 Å². The minimum absolute atomic E-state index is 0.696. The first-order valence-electron chi connectivity index (χ1n) is 7.60. The number of aromatic nitrogens is 5. The number of anilines is 1. The Bertz CT molecular complexity index is 957. The lowest BCUT2D eigenvalue weighted by atomic mass is 10.2. The molecule has 7 nitrogen and oxygen atoms in total. The summed E-state index contributed by atoms with van der Waals surface area (Å²) < 4.78 is 7.31. The molecule has 4 rings (SSSR count). The van der Waals surface area contributed by atoms with Crippen LogP contribution in [0.1, 0.15) is 12.6 Å². The van der Waals surface area contributed by atoms with E-state index in [9.17, 15) is 0 Å². The number of rotatable bonds is 5. The smallest absolute Gasteiger partial charge is 0.167 e. The molecule has 1 aromatic carbocycles. The van der Waals surface area contributed by atoms with E-state index in [0.29, 0.717) is 6.54 Å². The highest BCUT2D eigenvalue weighted by atomic mass is 16.5. The van der Waals surface area contributed by atoms with E-state index >= 15 is 0 Å². The average molecular weight is 308 g/mol. The van der Waals surface area contributed by atoms with Crippen molar-refractivity contribution < 1.29 is 4.52 Å². The lowest BCUT2D eigenvalue weighted by Crippen LogP contribution is -2.07. The zero-order valence-corrected chi connectivity index (χ0v) is 12.7. The monoisotopic (exact) mass is 308 g/mol. The van der Waals surface area contributed by atoms with Gasteiger partial charge in [-0.1, -0.05) is 17.3 Å². The molecular weight excluding hydrogens is 292 g/mol. The Morgan fingerprint density at radius 2 is 2.09 bits per heavy atom. The fourth-order valence-electron chi connectivity index (χ4n) is 2.66. The van der Waals surface area contributed by atoms with E-state index in [1.165, 1.54) is 0 Å². The van der Waals surface area contributed by atoms with Gasteiger partial charge in [-0.2, -0.15) is 0 Å². The topological polar surface area (TPSA) is 81.7 Å². The van der Waals surface area contributed by atoms with Gasteiger partial charge in [0, 0.05) is 24.9 Å². The summed E-state index contributed by atoms with van der Waals surface area (Å²) in [6.45, 7) is 3.59. The normalized spacial score (nSPS) is 11.3. The van der Waals surface area contributed by atoms with Crippen LogP contribution in [0.5, 0.6) is 0 Å². The van der Waals surface area contributed by atoms with Crippen LogP contribution in [-0.4, -0.2) is 31.2 Å². The molecule has 3 heterocycles. The van der Waals surface area contributed by atoms with E-state index in [1.54, 1.807) is 12.7 Å². The van der Waals surface area contributed by atoms with Crippen LogP contribution in [0.2, 0.25) is 0 Å². The van der Waals surface area contributed by atoms with Gasteiger partial charge in [0.05, 0.1) is 12.0 Å². The third-order valence-corrected chi connectivity index (χ3v) is 3.85. The van der Waals surface area contributed by atoms with E-state index < -0.39 is 0 Å². The molecule has 0 atom stereocenters. The summed E-state index contributed by atoms with van der Waals surface area (Å²) in [6, 6.07) is 7.87. The second-order valence-corrected chi connectivity index (χ2v) is 5.23. The van der Waals surface area contributed by atoms with Gasteiger partial charge in [0.2, 0.25) is 0 Å². The molecule has 0 amide bonds. The molecule has 0 saturated carbocycles. The van der Waals surface area contributed by atoms with Crippen LogP contribution < -0.4 is 5.32 Å². The van der Waals surface area contributed by atoms with Crippen LogP contribution in [-0.2, 0) is 13.0 Å². The van der Waals surface area contributed by atoms with E-state index in [1.807, 2.05) is 28.8 Å². The van der Waals surface area contributed by atoms with Gasteiger partial charge in [0.15, 0.2) is 17.0 Å². The molecule has 23 heavy (non-hydrogen) atoms. The number of nitrogens with zero attached hydrogens (tertiary/aromatic N) is 5. The maximum Gasteiger partial charge on any atom is 0.167 e. The van der Waals surface area contributed by atoms with Crippen molar-refractivity contribution in [1.82, 2.24) is 24.7 Å². The van der Waals surface area contributed by atoms with Gasteiger partial charge in [-0.15, -0.1) is 0 Å². The van der Waals surface area contributed by atoms with Gasteiger partial charge in [-0.3, -0.25) is 0 Å². The summed E-state index contributed by atoms with van der Waals surface area (Å²) in [7, 11) is 0. The summed E-state index contributed by atoms with van der Waals surface area (Å²) >= 11 is 0. The quantitative estimate of drug-likeness (QED) is 0.610. The number of aryl methyl sites for hydroxylation is 1. The molecular formula is C16H16N6O. The summed E-state index contributed by atoms with van der Waals surface area (Å²) in [6.07, 6.45) is 4.09. The number of hydrogen-bond acceptors (Lipinski definition) is 6. The lowest BCUT2D eigenvalue weighted by molar-refractivity contribution is 0.446. The van der Waals surface area contributed by atoms with Gasteiger partial charge < -0.3 is 14.4 Å². The van der Waals surface area contributed by atoms with Gasteiger partial charge in [0.1, 0.15) is 11.8 Å². The zero-order chi connectivity index (χ0) is 15.6. The van der Waals surface area contributed by atoms with Crippen LogP contribution >= 0.6 is 0 Å². The summed E-state index contributed by atoms with van der Waals surface area (Å²) in [5.74, 6) is 0.745. The number of benzene rings is 1. The predicted molar refractivity (Wildman–Crippen MR) is 87.2 cm³/mol. The molecule has 0 fully saturated rings. The molecule has 0 aliphatic heterocycles. The number of imidazole rings is 1. The van der Waals surface area contributed by atoms with Crippen molar-refractivity contribution in [3.8, 4) is 0 Å². The van der Waals surface area contributed by atoms with E-state index in [2.05, 4.69) is 32.3 Å². The van der Waals surface area contributed by atoms with Crippen LogP contribution in [0.15, 0.2) is 41.4 Å². The number of para-hydroxylation sites is 1. The summed E-state index contributed by atoms with van der Waals surface area (Å²) in [5.41, 5.74) is 3.39. The lowest BCUT2D eigenvalue weighted by Gasteiger charge is -2.05. The largest absolute Gasteiger partial charge is 0.368 e. The van der Waals surface area contributed by atoms with Gasteiger partial charge in [-0.25, -0.2) is 15.0 Å². The average Bonchev–Trinajstić information content (AvgIpc) is 3.19. The molecule has 116 valence electrons. The molecule has 0 aliphatic rings. The molecule has 7 heteroatoms. The van der Waals surface area contributed by atoms with Crippen LogP contribution in [0, 0.1) is 0 Å². The molecule has 3 aromatic heterocycles. The summed E-state index contributed by atoms with van der Waals surface area (Å²) in [4.78, 5) is 13.0. The second-order valence-electron chi connectivity index (χ2n) is 5.23. The number of nitrogens with one attached hydrogen (secondary N) is 1. The van der Waals surface area contributed by atoms with Crippen molar-refractivity contribution in [1.29, 1.82) is 0 Å². The highest BCUT2D eigenvalue weighted by molar-refractivity contribution is 5.82. The molecule has 0 aliphatic carbocycles. The van der Waals surface area contributed by atoms with Gasteiger partial charge >= 0.3 is 0 Å². The van der Waals surface area contributed by atoms with Crippen molar-refractivity contribution in [3.05, 3.63) is 42.6 Å². The SMILES string of the molecule is CCn1cnc2c(NCCc3noc4ccccc34)ncnc21. The van der Waals surface area contributed by atoms with Crippen LogP contribution in [0.25, 0.3) is 22.1 Å². The van der Waals surface area contributed by atoms with Crippen molar-refractivity contribution >= 4 is 28.0 Å². The van der Waals surface area contributed by atoms with Crippen molar-refractivity contribution in [2.75, 3.05) is 11.9 Å². The number of hydrogen-bond donors (Lipinski definition) is 1. The molecule has 0 unspecified atom stereocenters. The van der Waals surface area contributed by atoms with E-state index in [-0.39, 0.29) is 0 Å². The molecule has 0 bridgehead atoms. The molecule has 0 radical (unpaired) electrons. The highest BCUT2D eigenvalue weighted by Gasteiger charge is 2.10. The first-order chi connectivity index (χ1) is 11.4. The minimum Gasteiger partial charge on any atom is -0.368 e. The third kappa shape index (κ3) is 2.40. The van der Waals surface area contributed by atoms with Gasteiger partial charge in [0.25, 0.3) is 0 Å². The molecule has 0 spiro atoms.